The van der Waals surface area contributed by atoms with Gasteiger partial charge in [-0.2, -0.15) is 0 Å². The average Bonchev–Trinajstić information content (AvgIpc) is 3.26. The number of carbonyl (C=O) groups is 3. The van der Waals surface area contributed by atoms with Crippen LogP contribution in [0.3, 0.4) is 0 Å². The highest BCUT2D eigenvalue weighted by Gasteiger charge is 2.21. The van der Waals surface area contributed by atoms with Crippen LogP contribution in [-0.4, -0.2) is 67.6 Å². The van der Waals surface area contributed by atoms with Crippen molar-refractivity contribution in [2.24, 2.45) is 0 Å². The van der Waals surface area contributed by atoms with Crippen molar-refractivity contribution in [3.63, 3.8) is 0 Å². The Kier molecular flexibility index (Phi) is 9.14. The number of carboxylic acid groups (broad SMARTS) is 1. The summed E-state index contributed by atoms with van der Waals surface area (Å²) in [6, 6.07) is 3.72. The van der Waals surface area contributed by atoms with Crippen LogP contribution < -0.4 is 16.2 Å². The van der Waals surface area contributed by atoms with E-state index in [0.717, 1.165) is 16.8 Å². The smallest absolute Gasteiger partial charge is 0.405 e. The predicted molar refractivity (Wildman–Crippen MR) is 144 cm³/mol. The lowest BCUT2D eigenvalue weighted by Crippen LogP contribution is -2.44. The van der Waals surface area contributed by atoms with Crippen LogP contribution in [0.2, 0.25) is 0 Å². The molecule has 38 heavy (non-hydrogen) atoms. The summed E-state index contributed by atoms with van der Waals surface area (Å²) in [7, 11) is 3.21. The Morgan fingerprint density at radius 1 is 1.24 bits per heavy atom. The molecule has 0 spiro atoms. The van der Waals surface area contributed by atoms with Crippen molar-refractivity contribution in [1.82, 2.24) is 29.7 Å². The molecule has 0 saturated carbocycles. The molecule has 3 amide bonds. The van der Waals surface area contributed by atoms with E-state index >= 15 is 0 Å². The number of likely N-dealkylation sites (N-methyl/N-ethyl adjacent to an activating group) is 1. The molecule has 0 saturated heterocycles. The Labute approximate surface area is 219 Å². The number of aromatic amines is 1. The maximum atomic E-state index is 13.1. The highest BCUT2D eigenvalue weighted by Crippen LogP contribution is 2.17. The van der Waals surface area contributed by atoms with E-state index < -0.39 is 23.6 Å². The number of nitrogens with one attached hydrogen (secondary N) is 3. The SMILES string of the molecule is CC(C)=Cc1nccc2[nH]c(Cn3cccc(NC(=O)C(CCC=CC(=O)N(C)C)NC(=O)O)c3=O)nc12. The van der Waals surface area contributed by atoms with Crippen LogP contribution in [0.15, 0.2) is 53.1 Å². The number of pyridine rings is 2. The molecule has 0 fully saturated rings. The van der Waals surface area contributed by atoms with Gasteiger partial charge in [-0.15, -0.1) is 0 Å². The lowest BCUT2D eigenvalue weighted by molar-refractivity contribution is -0.123. The van der Waals surface area contributed by atoms with Gasteiger partial charge in [-0.05, 0) is 57.0 Å². The molecule has 12 heteroatoms. The maximum absolute atomic E-state index is 13.1. The van der Waals surface area contributed by atoms with Crippen LogP contribution >= 0.6 is 0 Å². The van der Waals surface area contributed by atoms with Crippen molar-refractivity contribution in [1.29, 1.82) is 0 Å². The molecule has 0 aromatic carbocycles. The van der Waals surface area contributed by atoms with Gasteiger partial charge in [-0.25, -0.2) is 9.78 Å². The second-order valence-corrected chi connectivity index (χ2v) is 9.06. The summed E-state index contributed by atoms with van der Waals surface area (Å²) in [4.78, 5) is 62.3. The summed E-state index contributed by atoms with van der Waals surface area (Å²) >= 11 is 0. The van der Waals surface area contributed by atoms with Gasteiger partial charge in [0.15, 0.2) is 0 Å². The van der Waals surface area contributed by atoms with Crippen LogP contribution in [0.5, 0.6) is 0 Å². The summed E-state index contributed by atoms with van der Waals surface area (Å²) in [5.74, 6) is -0.377. The van der Waals surface area contributed by atoms with E-state index in [1.165, 1.54) is 21.6 Å². The van der Waals surface area contributed by atoms with E-state index in [2.05, 4.69) is 25.6 Å². The first-order valence-electron chi connectivity index (χ1n) is 11.9. The van der Waals surface area contributed by atoms with Gasteiger partial charge < -0.3 is 30.2 Å². The largest absolute Gasteiger partial charge is 0.465 e. The molecule has 0 aliphatic carbocycles. The second kappa shape index (κ2) is 12.5. The Hall–Kier alpha value is -4.74. The van der Waals surface area contributed by atoms with Gasteiger partial charge in [0.05, 0.1) is 17.8 Å². The third-order valence-electron chi connectivity index (χ3n) is 5.44. The lowest BCUT2D eigenvalue weighted by Gasteiger charge is -2.16. The summed E-state index contributed by atoms with van der Waals surface area (Å²) in [5.41, 5.74) is 2.78. The summed E-state index contributed by atoms with van der Waals surface area (Å²) in [5, 5.41) is 13.8. The molecule has 0 radical (unpaired) electrons. The zero-order chi connectivity index (χ0) is 27.8. The molecule has 4 N–H and O–H groups in total. The number of imidazole rings is 1. The fraction of sp³-hybridized carbons (Fsp3) is 0.308. The number of carbonyl (C=O) groups excluding carboxylic acids is 2. The quantitative estimate of drug-likeness (QED) is 0.298. The number of fused-ring (bicyclic) bond motifs is 1. The number of rotatable bonds is 10. The molecule has 3 aromatic rings. The van der Waals surface area contributed by atoms with Crippen molar-refractivity contribution in [2.75, 3.05) is 19.4 Å². The van der Waals surface area contributed by atoms with E-state index in [1.54, 1.807) is 44.7 Å². The van der Waals surface area contributed by atoms with Crippen LogP contribution in [0.1, 0.15) is 38.2 Å². The Morgan fingerprint density at radius 2 is 2.00 bits per heavy atom. The Bertz CT molecular complexity index is 1450. The molecule has 0 aliphatic rings. The normalized spacial score (nSPS) is 11.8. The minimum atomic E-state index is -1.38. The van der Waals surface area contributed by atoms with E-state index in [1.807, 2.05) is 19.9 Å². The van der Waals surface area contributed by atoms with Crippen LogP contribution in [0.25, 0.3) is 17.1 Å². The third-order valence-corrected chi connectivity index (χ3v) is 5.44. The topological polar surface area (TPSA) is 162 Å². The van der Waals surface area contributed by atoms with Crippen molar-refractivity contribution in [3.8, 4) is 0 Å². The molecule has 200 valence electrons. The Morgan fingerprint density at radius 3 is 2.68 bits per heavy atom. The van der Waals surface area contributed by atoms with E-state index in [4.69, 9.17) is 5.11 Å². The van der Waals surface area contributed by atoms with Gasteiger partial charge in [0.1, 0.15) is 23.1 Å². The van der Waals surface area contributed by atoms with Gasteiger partial charge in [-0.3, -0.25) is 19.4 Å². The number of anilines is 1. The molecule has 12 nitrogen and oxygen atoms in total. The number of H-pyrrole nitrogens is 1. The standard InChI is InChI=1S/C26H31N7O5/c1-16(2)14-20-23-17(11-12-27-20)28-21(31-23)15-33-13-7-9-19(25(33)36)29-24(35)18(30-26(37)38)8-5-6-10-22(34)32(3)4/h6-7,9-14,18,30H,5,8,15H2,1-4H3,(H,28,31)(H,29,35)(H,37,38). The maximum Gasteiger partial charge on any atom is 0.405 e. The molecular weight excluding hydrogens is 490 g/mol. The van der Waals surface area contributed by atoms with Gasteiger partial charge in [0.2, 0.25) is 11.8 Å². The molecule has 3 heterocycles. The number of hydrogen-bond donors (Lipinski definition) is 4. The molecule has 0 bridgehead atoms. The van der Waals surface area contributed by atoms with Crippen LogP contribution in [0, 0.1) is 0 Å². The molecule has 1 unspecified atom stereocenters. The number of aromatic nitrogens is 4. The molecular formula is C26H31N7O5. The molecule has 3 rings (SSSR count). The fourth-order valence-electron chi connectivity index (χ4n) is 3.61. The van der Waals surface area contributed by atoms with Gasteiger partial charge in [0.25, 0.3) is 5.56 Å². The van der Waals surface area contributed by atoms with Crippen molar-refractivity contribution in [2.45, 2.75) is 39.3 Å². The second-order valence-electron chi connectivity index (χ2n) is 9.06. The first-order valence-corrected chi connectivity index (χ1v) is 11.9. The lowest BCUT2D eigenvalue weighted by atomic mass is 10.1. The average molecular weight is 522 g/mol. The monoisotopic (exact) mass is 521 g/mol. The van der Waals surface area contributed by atoms with Gasteiger partial charge in [-0.1, -0.05) is 11.6 Å². The zero-order valence-electron chi connectivity index (χ0n) is 21.7. The van der Waals surface area contributed by atoms with Crippen LogP contribution in [-0.2, 0) is 16.1 Å². The highest BCUT2D eigenvalue weighted by molar-refractivity contribution is 5.96. The molecule has 1 atom stereocenters. The number of nitrogens with zero attached hydrogens (tertiary/aromatic N) is 4. The predicted octanol–water partition coefficient (Wildman–Crippen LogP) is 2.59. The fourth-order valence-corrected chi connectivity index (χ4v) is 3.61. The minimum Gasteiger partial charge on any atom is -0.465 e. The van der Waals surface area contributed by atoms with Crippen molar-refractivity contribution < 1.29 is 19.5 Å². The summed E-state index contributed by atoms with van der Waals surface area (Å²) in [6.45, 7) is 4.05. The summed E-state index contributed by atoms with van der Waals surface area (Å²) in [6.07, 6.45) is 7.07. The van der Waals surface area contributed by atoms with E-state index in [0.29, 0.717) is 11.3 Å². The highest BCUT2D eigenvalue weighted by atomic mass is 16.4. The molecule has 0 aliphatic heterocycles. The van der Waals surface area contributed by atoms with Crippen LogP contribution in [0.4, 0.5) is 10.5 Å². The number of hydrogen-bond acceptors (Lipinski definition) is 6. The first kappa shape index (κ1) is 27.8. The minimum absolute atomic E-state index is 0.00368. The Balaban J connectivity index is 1.76. The van der Waals surface area contributed by atoms with E-state index in [9.17, 15) is 19.2 Å². The molecule has 3 aromatic heterocycles. The number of allylic oxidation sites excluding steroid dienone is 2. The van der Waals surface area contributed by atoms with Gasteiger partial charge >= 0.3 is 6.09 Å². The first-order chi connectivity index (χ1) is 18.0. The van der Waals surface area contributed by atoms with E-state index in [-0.39, 0.29) is 31.0 Å². The zero-order valence-corrected chi connectivity index (χ0v) is 21.7. The number of amides is 3. The van der Waals surface area contributed by atoms with Crippen molar-refractivity contribution in [3.05, 3.63) is 70.2 Å². The van der Waals surface area contributed by atoms with Crippen molar-refractivity contribution >= 4 is 40.7 Å². The summed E-state index contributed by atoms with van der Waals surface area (Å²) < 4.78 is 1.39. The van der Waals surface area contributed by atoms with Gasteiger partial charge in [0, 0.05) is 26.5 Å². The third kappa shape index (κ3) is 7.38.